The molecule has 0 bridgehead atoms. The van der Waals surface area contributed by atoms with Gasteiger partial charge in [0.15, 0.2) is 0 Å². The molecule has 2 nitrogen and oxygen atoms in total. The third-order valence-electron chi connectivity index (χ3n) is 2.25. The normalized spacial score (nSPS) is 13.5. The molecular weight excluding hydrogens is 250 g/mol. The fourth-order valence-electron chi connectivity index (χ4n) is 1.16. The first-order valence-corrected chi connectivity index (χ1v) is 6.45. The van der Waals surface area contributed by atoms with Crippen LogP contribution in [0.2, 0.25) is 0 Å². The van der Waals surface area contributed by atoms with Crippen molar-refractivity contribution in [3.05, 3.63) is 34.9 Å². The lowest BCUT2D eigenvalue weighted by Crippen LogP contribution is -2.19. The van der Waals surface area contributed by atoms with E-state index >= 15 is 0 Å². The summed E-state index contributed by atoms with van der Waals surface area (Å²) in [5.74, 6) is 0. The minimum Gasteiger partial charge on any atom is -0.234 e. The van der Waals surface area contributed by atoms with Gasteiger partial charge in [-0.05, 0) is 45.7 Å². The number of nitrogens with zero attached hydrogens (tertiary/aromatic N) is 1. The van der Waals surface area contributed by atoms with E-state index in [9.17, 15) is 4.21 Å². The lowest BCUT2D eigenvalue weighted by Gasteiger charge is -2.12. The van der Waals surface area contributed by atoms with E-state index in [1.165, 1.54) is 5.56 Å². The Labute approximate surface area is 114 Å². The van der Waals surface area contributed by atoms with Crippen molar-refractivity contribution in [3.8, 4) is 0 Å². The lowest BCUT2D eigenvalue weighted by atomic mass is 10.1. The van der Waals surface area contributed by atoms with Crippen LogP contribution in [-0.2, 0) is 11.0 Å². The predicted molar refractivity (Wildman–Crippen MR) is 81.8 cm³/mol. The van der Waals surface area contributed by atoms with Crippen molar-refractivity contribution in [2.24, 2.45) is 4.40 Å². The van der Waals surface area contributed by atoms with Gasteiger partial charge in [0.1, 0.15) is 11.0 Å². The second-order valence-corrected chi connectivity index (χ2v) is 6.89. The van der Waals surface area contributed by atoms with E-state index in [0.29, 0.717) is 0 Å². The molecule has 0 aliphatic rings. The van der Waals surface area contributed by atoms with Gasteiger partial charge in [0, 0.05) is 6.21 Å². The largest absolute Gasteiger partial charge is 0.234 e. The van der Waals surface area contributed by atoms with Crippen molar-refractivity contribution in [2.45, 2.75) is 39.4 Å². The van der Waals surface area contributed by atoms with Gasteiger partial charge in [0.25, 0.3) is 0 Å². The van der Waals surface area contributed by atoms with Crippen LogP contribution in [0.4, 0.5) is 0 Å². The molecule has 0 aliphatic heterocycles. The summed E-state index contributed by atoms with van der Waals surface area (Å²) in [6.45, 7) is 9.83. The third-order valence-corrected chi connectivity index (χ3v) is 3.59. The van der Waals surface area contributed by atoms with Gasteiger partial charge in [-0.1, -0.05) is 23.8 Å². The van der Waals surface area contributed by atoms with E-state index in [4.69, 9.17) is 0 Å². The molecule has 1 rings (SSSR count). The van der Waals surface area contributed by atoms with Gasteiger partial charge in [0.05, 0.1) is 4.75 Å². The Bertz CT molecular complexity index is 434. The molecular formula is C13H21NOS2. The molecule has 96 valence electrons. The van der Waals surface area contributed by atoms with E-state index in [2.05, 4.69) is 22.6 Å². The Morgan fingerprint density at radius 2 is 1.82 bits per heavy atom. The molecule has 17 heavy (non-hydrogen) atoms. The summed E-state index contributed by atoms with van der Waals surface area (Å²) >= 11 is 0. The van der Waals surface area contributed by atoms with Crippen molar-refractivity contribution >= 4 is 30.7 Å². The van der Waals surface area contributed by atoms with E-state index in [1.807, 2.05) is 34.6 Å². The third kappa shape index (κ3) is 5.04. The highest BCUT2D eigenvalue weighted by molar-refractivity contribution is 7.85. The van der Waals surface area contributed by atoms with Crippen molar-refractivity contribution in [1.82, 2.24) is 0 Å². The lowest BCUT2D eigenvalue weighted by molar-refractivity contribution is 0.651. The molecule has 4 heteroatoms. The summed E-state index contributed by atoms with van der Waals surface area (Å²) in [5.41, 5.74) is 3.38. The van der Waals surface area contributed by atoms with Crippen LogP contribution in [0.1, 0.15) is 37.5 Å². The van der Waals surface area contributed by atoms with Crippen LogP contribution in [0.3, 0.4) is 0 Å². The van der Waals surface area contributed by atoms with Crippen LogP contribution in [0.15, 0.2) is 22.6 Å². The van der Waals surface area contributed by atoms with Gasteiger partial charge < -0.3 is 0 Å². The zero-order valence-electron chi connectivity index (χ0n) is 11.1. The first kappa shape index (κ1) is 16.4. The van der Waals surface area contributed by atoms with Crippen molar-refractivity contribution in [3.63, 3.8) is 0 Å². The van der Waals surface area contributed by atoms with Gasteiger partial charge in [-0.2, -0.15) is 17.9 Å². The molecule has 0 spiro atoms. The Balaban J connectivity index is 0.00000256. The Morgan fingerprint density at radius 3 is 2.35 bits per heavy atom. The average Bonchev–Trinajstić information content (AvgIpc) is 2.17. The van der Waals surface area contributed by atoms with Crippen LogP contribution in [0.5, 0.6) is 0 Å². The molecule has 1 atom stereocenters. The van der Waals surface area contributed by atoms with Crippen LogP contribution < -0.4 is 0 Å². The molecule has 0 amide bonds. The fourth-order valence-corrected chi connectivity index (χ4v) is 1.69. The Hall–Kier alpha value is -0.610. The van der Waals surface area contributed by atoms with Crippen LogP contribution in [0.25, 0.3) is 0 Å². The Kier molecular flexibility index (Phi) is 6.13. The first-order valence-electron chi connectivity index (χ1n) is 5.34. The summed E-state index contributed by atoms with van der Waals surface area (Å²) < 4.78 is 15.6. The van der Waals surface area contributed by atoms with Crippen LogP contribution >= 0.6 is 13.5 Å². The van der Waals surface area contributed by atoms with E-state index < -0.39 is 11.0 Å². The molecule has 0 saturated carbocycles. The molecule has 1 unspecified atom stereocenters. The molecule has 0 aromatic heterocycles. The minimum atomic E-state index is -1.18. The maximum absolute atomic E-state index is 11.7. The topological polar surface area (TPSA) is 29.4 Å². The van der Waals surface area contributed by atoms with Crippen LogP contribution in [-0.4, -0.2) is 15.2 Å². The highest BCUT2D eigenvalue weighted by Crippen LogP contribution is 2.13. The van der Waals surface area contributed by atoms with Crippen LogP contribution in [0, 0.1) is 13.8 Å². The SMILES string of the molecule is Cc1ccc(C)c(C=NS(=O)C(C)(C)C)c1.S. The molecule has 0 radical (unpaired) electrons. The van der Waals surface area contributed by atoms with Crippen molar-refractivity contribution in [2.75, 3.05) is 0 Å². The molecule has 0 fully saturated rings. The summed E-state index contributed by atoms with van der Waals surface area (Å²) in [6.07, 6.45) is 1.71. The maximum atomic E-state index is 11.7. The van der Waals surface area contributed by atoms with Gasteiger partial charge in [-0.25, -0.2) is 4.21 Å². The second kappa shape index (κ2) is 6.36. The highest BCUT2D eigenvalue weighted by Gasteiger charge is 2.18. The standard InChI is InChI=1S/C13H19NOS.H2S/c1-10-6-7-11(2)12(8-10)9-14-16(15)13(3,4)5;/h6-9H,1-5H3;1H2. The second-order valence-electron chi connectivity index (χ2n) is 4.96. The average molecular weight is 271 g/mol. The number of benzene rings is 1. The smallest absolute Gasteiger partial charge is 0.144 e. The highest BCUT2D eigenvalue weighted by atomic mass is 32.2. The molecule has 1 aromatic carbocycles. The number of rotatable bonds is 2. The predicted octanol–water partition coefficient (Wildman–Crippen LogP) is 3.30. The summed E-state index contributed by atoms with van der Waals surface area (Å²) in [4.78, 5) is 0. The summed E-state index contributed by atoms with van der Waals surface area (Å²) in [5, 5.41) is 0. The zero-order chi connectivity index (χ0) is 12.3. The first-order chi connectivity index (χ1) is 7.30. The van der Waals surface area contributed by atoms with Gasteiger partial charge in [-0.3, -0.25) is 0 Å². The van der Waals surface area contributed by atoms with Crippen molar-refractivity contribution < 1.29 is 4.21 Å². The quantitative estimate of drug-likeness (QED) is 0.759. The van der Waals surface area contributed by atoms with Gasteiger partial charge >= 0.3 is 0 Å². The van der Waals surface area contributed by atoms with Crippen molar-refractivity contribution in [1.29, 1.82) is 0 Å². The number of hydrogen-bond acceptors (Lipinski definition) is 1. The molecule has 0 heterocycles. The van der Waals surface area contributed by atoms with Gasteiger partial charge in [0.2, 0.25) is 0 Å². The monoisotopic (exact) mass is 271 g/mol. The van der Waals surface area contributed by atoms with E-state index in [-0.39, 0.29) is 18.2 Å². The number of aryl methyl sites for hydroxylation is 2. The number of hydrogen-bond donors (Lipinski definition) is 0. The maximum Gasteiger partial charge on any atom is 0.144 e. The summed E-state index contributed by atoms with van der Waals surface area (Å²) in [7, 11) is -1.18. The zero-order valence-corrected chi connectivity index (χ0v) is 12.9. The minimum absolute atomic E-state index is 0. The molecule has 0 saturated heterocycles. The van der Waals surface area contributed by atoms with E-state index in [1.54, 1.807) is 6.21 Å². The molecule has 0 N–H and O–H groups in total. The summed E-state index contributed by atoms with van der Waals surface area (Å²) in [6, 6.07) is 6.17. The fraction of sp³-hybridized carbons (Fsp3) is 0.462. The van der Waals surface area contributed by atoms with E-state index in [0.717, 1.165) is 11.1 Å². The molecule has 0 aliphatic carbocycles. The molecule has 1 aromatic rings. The van der Waals surface area contributed by atoms with Gasteiger partial charge in [-0.15, -0.1) is 0 Å². The Morgan fingerprint density at radius 1 is 1.24 bits per heavy atom.